The molecule has 0 unspecified atom stereocenters. The van der Waals surface area contributed by atoms with Crippen LogP contribution in [-0.4, -0.2) is 53.7 Å². The molecule has 0 bridgehead atoms. The number of hydrogen-bond acceptors (Lipinski definition) is 7. The van der Waals surface area contributed by atoms with E-state index in [-0.39, 0.29) is 5.91 Å². The number of piperazine rings is 1. The molecule has 3 aromatic rings. The normalized spacial score (nSPS) is 15.7. The maximum absolute atomic E-state index is 12.8. The Balaban J connectivity index is 1.08. The topological polar surface area (TPSA) is 54.9 Å². The predicted molar refractivity (Wildman–Crippen MR) is 131 cm³/mol. The van der Waals surface area contributed by atoms with Crippen molar-refractivity contribution in [2.75, 3.05) is 33.0 Å². The zero-order valence-corrected chi connectivity index (χ0v) is 20.4. The van der Waals surface area contributed by atoms with Gasteiger partial charge in [-0.3, -0.25) is 9.69 Å². The average molecular weight is 502 g/mol. The zero-order chi connectivity index (χ0) is 22.6. The Kier molecular flexibility index (Phi) is 7.06. The third kappa shape index (κ3) is 5.81. The van der Waals surface area contributed by atoms with Gasteiger partial charge in [0.25, 0.3) is 0 Å². The van der Waals surface area contributed by atoms with Crippen LogP contribution in [-0.2, 0) is 23.5 Å². The molecule has 2 aliphatic rings. The van der Waals surface area contributed by atoms with Crippen molar-refractivity contribution in [3.63, 3.8) is 0 Å². The van der Waals surface area contributed by atoms with Crippen molar-refractivity contribution in [2.45, 2.75) is 23.1 Å². The number of ether oxygens (including phenoxy) is 2. The maximum atomic E-state index is 12.8. The van der Waals surface area contributed by atoms with Crippen molar-refractivity contribution in [3.05, 3.63) is 69.7 Å². The van der Waals surface area contributed by atoms with E-state index in [4.69, 9.17) is 21.1 Å². The monoisotopic (exact) mass is 501 g/mol. The maximum Gasteiger partial charge on any atom is 0.231 e. The van der Waals surface area contributed by atoms with Crippen LogP contribution < -0.4 is 9.47 Å². The van der Waals surface area contributed by atoms with Crippen molar-refractivity contribution >= 4 is 40.6 Å². The summed E-state index contributed by atoms with van der Waals surface area (Å²) in [6.45, 7) is 4.34. The second-order valence-corrected chi connectivity index (χ2v) is 10.6. The Morgan fingerprint density at radius 2 is 1.91 bits per heavy atom. The zero-order valence-electron chi connectivity index (χ0n) is 18.0. The van der Waals surface area contributed by atoms with Gasteiger partial charge < -0.3 is 14.4 Å². The van der Waals surface area contributed by atoms with E-state index in [9.17, 15) is 4.79 Å². The Bertz CT molecular complexity index is 1130. The average Bonchev–Trinajstić information content (AvgIpc) is 3.47. The lowest BCUT2D eigenvalue weighted by molar-refractivity contribution is -0.132. The van der Waals surface area contributed by atoms with Crippen LogP contribution in [0.2, 0.25) is 5.02 Å². The molecule has 3 heterocycles. The van der Waals surface area contributed by atoms with E-state index in [1.807, 2.05) is 40.6 Å². The lowest BCUT2D eigenvalue weighted by atomic mass is 10.1. The molecule has 0 aliphatic carbocycles. The minimum atomic E-state index is 0.148. The Labute approximate surface area is 206 Å². The van der Waals surface area contributed by atoms with Gasteiger partial charge in [0.2, 0.25) is 12.7 Å². The number of rotatable bonds is 7. The van der Waals surface area contributed by atoms with Crippen LogP contribution in [0.1, 0.15) is 16.8 Å². The number of thioether (sulfide) groups is 1. The highest BCUT2D eigenvalue weighted by Gasteiger charge is 2.23. The van der Waals surface area contributed by atoms with Crippen LogP contribution in [0.4, 0.5) is 0 Å². The molecule has 6 nitrogen and oxygen atoms in total. The van der Waals surface area contributed by atoms with Crippen molar-refractivity contribution < 1.29 is 14.3 Å². The number of amides is 1. The molecule has 0 spiro atoms. The van der Waals surface area contributed by atoms with E-state index in [1.165, 1.54) is 11.1 Å². The minimum absolute atomic E-state index is 0.148. The van der Waals surface area contributed by atoms with Crippen LogP contribution in [0, 0.1) is 0 Å². The minimum Gasteiger partial charge on any atom is -0.454 e. The smallest absolute Gasteiger partial charge is 0.231 e. The first-order valence-corrected chi connectivity index (χ1v) is 13.1. The molecule has 1 amide bonds. The predicted octanol–water partition coefficient (Wildman–Crippen LogP) is 4.70. The molecule has 1 saturated heterocycles. The molecular weight excluding hydrogens is 478 g/mol. The summed E-state index contributed by atoms with van der Waals surface area (Å²) in [5.74, 6) is 2.58. The fraction of sp³-hybridized carbons (Fsp3) is 0.333. The summed E-state index contributed by atoms with van der Waals surface area (Å²) in [5, 5.41) is 2.74. The quantitative estimate of drug-likeness (QED) is 0.437. The highest BCUT2D eigenvalue weighted by atomic mass is 35.5. The number of carbonyl (C=O) groups is 1. The van der Waals surface area contributed by atoms with E-state index in [2.05, 4.69) is 22.0 Å². The molecule has 33 heavy (non-hydrogen) atoms. The van der Waals surface area contributed by atoms with Gasteiger partial charge in [0.1, 0.15) is 4.34 Å². The van der Waals surface area contributed by atoms with Crippen molar-refractivity contribution in [1.29, 1.82) is 0 Å². The Morgan fingerprint density at radius 1 is 1.06 bits per heavy atom. The molecular formula is C24H24ClN3O3S2. The number of carbonyl (C=O) groups excluding carboxylic acids is 1. The molecule has 0 radical (unpaired) electrons. The standard InChI is InChI=1S/C24H24ClN3O3S2/c25-19-3-1-2-18(10-19)14-32-24-26-20(15-33-24)12-23(29)28-8-6-27(7-9-28)13-17-4-5-21-22(11-17)31-16-30-21/h1-5,10-11,15H,6-9,12-14,16H2. The highest BCUT2D eigenvalue weighted by molar-refractivity contribution is 8.00. The summed E-state index contributed by atoms with van der Waals surface area (Å²) in [5.41, 5.74) is 3.21. The van der Waals surface area contributed by atoms with Crippen molar-refractivity contribution in [1.82, 2.24) is 14.8 Å². The van der Waals surface area contributed by atoms with Crippen LogP contribution in [0.3, 0.4) is 0 Å². The number of halogens is 1. The van der Waals surface area contributed by atoms with Crippen LogP contribution in [0.5, 0.6) is 11.5 Å². The number of hydrogen-bond donors (Lipinski definition) is 0. The number of thiazole rings is 1. The molecule has 0 N–H and O–H groups in total. The van der Waals surface area contributed by atoms with Gasteiger partial charge >= 0.3 is 0 Å². The molecule has 2 aromatic carbocycles. The Morgan fingerprint density at radius 3 is 2.76 bits per heavy atom. The van der Waals surface area contributed by atoms with Crippen molar-refractivity contribution in [3.8, 4) is 11.5 Å². The third-order valence-electron chi connectivity index (χ3n) is 5.68. The SMILES string of the molecule is O=C(Cc1csc(SCc2cccc(Cl)c2)n1)N1CCN(Cc2ccc3c(c2)OCO3)CC1. The first-order valence-electron chi connectivity index (χ1n) is 10.8. The molecule has 0 atom stereocenters. The Hall–Kier alpha value is -2.26. The van der Waals surface area contributed by atoms with Gasteiger partial charge in [0.15, 0.2) is 11.5 Å². The summed E-state index contributed by atoms with van der Waals surface area (Å²) in [4.78, 5) is 21.8. The summed E-state index contributed by atoms with van der Waals surface area (Å²) >= 11 is 9.32. The molecule has 1 fully saturated rings. The third-order valence-corrected chi connectivity index (χ3v) is 8.06. The highest BCUT2D eigenvalue weighted by Crippen LogP contribution is 2.33. The first kappa shape index (κ1) is 22.5. The van der Waals surface area contributed by atoms with Crippen LogP contribution >= 0.6 is 34.7 Å². The first-order chi connectivity index (χ1) is 16.1. The van der Waals surface area contributed by atoms with Crippen LogP contribution in [0.15, 0.2) is 52.2 Å². The molecule has 0 saturated carbocycles. The second-order valence-electron chi connectivity index (χ2n) is 8.04. The fourth-order valence-electron chi connectivity index (χ4n) is 3.93. The van der Waals surface area contributed by atoms with Gasteiger partial charge in [-0.1, -0.05) is 41.6 Å². The largest absolute Gasteiger partial charge is 0.454 e. The van der Waals surface area contributed by atoms with E-state index in [0.29, 0.717) is 13.2 Å². The molecule has 9 heteroatoms. The van der Waals surface area contributed by atoms with Gasteiger partial charge in [-0.15, -0.1) is 11.3 Å². The summed E-state index contributed by atoms with van der Waals surface area (Å²) in [6.07, 6.45) is 0.358. The molecule has 5 rings (SSSR count). The van der Waals surface area contributed by atoms with E-state index >= 15 is 0 Å². The van der Waals surface area contributed by atoms with Crippen LogP contribution in [0.25, 0.3) is 0 Å². The number of aromatic nitrogens is 1. The lowest BCUT2D eigenvalue weighted by Crippen LogP contribution is -2.48. The molecule has 2 aliphatic heterocycles. The fourth-order valence-corrected chi connectivity index (χ4v) is 5.93. The van der Waals surface area contributed by atoms with E-state index in [0.717, 1.165) is 65.0 Å². The van der Waals surface area contributed by atoms with Gasteiger partial charge in [-0.25, -0.2) is 4.98 Å². The van der Waals surface area contributed by atoms with Gasteiger partial charge in [-0.05, 0) is 35.4 Å². The van der Waals surface area contributed by atoms with E-state index < -0.39 is 0 Å². The van der Waals surface area contributed by atoms with Crippen molar-refractivity contribution in [2.24, 2.45) is 0 Å². The number of fused-ring (bicyclic) bond motifs is 1. The molecule has 172 valence electrons. The summed E-state index contributed by atoms with van der Waals surface area (Å²) in [6, 6.07) is 14.0. The van der Waals surface area contributed by atoms with E-state index in [1.54, 1.807) is 23.1 Å². The van der Waals surface area contributed by atoms with Gasteiger partial charge in [0, 0.05) is 48.9 Å². The second kappa shape index (κ2) is 10.3. The lowest BCUT2D eigenvalue weighted by Gasteiger charge is -2.34. The number of benzene rings is 2. The van der Waals surface area contributed by atoms with Gasteiger partial charge in [-0.2, -0.15) is 0 Å². The number of nitrogens with zero attached hydrogens (tertiary/aromatic N) is 3. The summed E-state index contributed by atoms with van der Waals surface area (Å²) in [7, 11) is 0. The molecule has 1 aromatic heterocycles. The summed E-state index contributed by atoms with van der Waals surface area (Å²) < 4.78 is 11.8. The van der Waals surface area contributed by atoms with Gasteiger partial charge in [0.05, 0.1) is 12.1 Å².